The van der Waals surface area contributed by atoms with Crippen LogP contribution in [0.4, 0.5) is 0 Å². The first-order chi connectivity index (χ1) is 12.0. The van der Waals surface area contributed by atoms with Crippen LogP contribution >= 0.6 is 0 Å². The van der Waals surface area contributed by atoms with Crippen LogP contribution in [0.5, 0.6) is 11.6 Å². The Morgan fingerprint density at radius 1 is 1.19 bits per heavy atom. The molecule has 1 heterocycles. The molecule has 0 aliphatic heterocycles. The van der Waals surface area contributed by atoms with Crippen LogP contribution in [-0.4, -0.2) is 43.3 Å². The van der Waals surface area contributed by atoms with Crippen LogP contribution in [0.3, 0.4) is 0 Å². The van der Waals surface area contributed by atoms with Gasteiger partial charge < -0.3 is 9.47 Å². The molecule has 9 heteroatoms. The number of esters is 1. The van der Waals surface area contributed by atoms with Crippen LogP contribution in [0.25, 0.3) is 0 Å². The van der Waals surface area contributed by atoms with E-state index >= 15 is 0 Å². The maximum atomic E-state index is 13.0. The second kappa shape index (κ2) is 6.91. The number of carbonyl (C=O) groups is 2. The highest BCUT2D eigenvalue weighted by atomic mass is 32.2. The van der Waals surface area contributed by atoms with Gasteiger partial charge >= 0.3 is 5.97 Å². The fourth-order valence-corrected chi connectivity index (χ4v) is 4.23. The van der Waals surface area contributed by atoms with Crippen molar-refractivity contribution in [2.75, 3.05) is 13.4 Å². The topological polar surface area (TPSA) is 105 Å². The number of benzene rings is 1. The molecule has 0 unspecified atom stereocenters. The second-order valence-corrected chi connectivity index (χ2v) is 7.86. The molecule has 1 aromatic carbocycles. The van der Waals surface area contributed by atoms with Gasteiger partial charge in [0.1, 0.15) is 11.3 Å². The van der Waals surface area contributed by atoms with E-state index in [0.717, 1.165) is 6.26 Å². The summed E-state index contributed by atoms with van der Waals surface area (Å²) in [6.07, 6.45) is 2.39. The predicted molar refractivity (Wildman–Crippen MR) is 93.5 cm³/mol. The van der Waals surface area contributed by atoms with Gasteiger partial charge in [0.2, 0.25) is 11.7 Å². The molecule has 0 fully saturated rings. The van der Waals surface area contributed by atoms with E-state index in [1.165, 1.54) is 38.0 Å². The Kier molecular flexibility index (Phi) is 5.22. The molecule has 0 saturated heterocycles. The first-order valence-electron chi connectivity index (χ1n) is 7.62. The van der Waals surface area contributed by atoms with E-state index in [9.17, 15) is 18.0 Å². The highest BCUT2D eigenvalue weighted by molar-refractivity contribution is 7.90. The quantitative estimate of drug-likeness (QED) is 0.573. The molecule has 0 atom stereocenters. The van der Waals surface area contributed by atoms with Gasteiger partial charge in [0.05, 0.1) is 23.8 Å². The number of ketones is 1. The summed E-state index contributed by atoms with van der Waals surface area (Å²) in [5, 5.41) is 3.96. The monoisotopic (exact) mass is 380 g/mol. The Labute approximate surface area is 151 Å². The minimum atomic E-state index is -3.50. The molecule has 140 valence electrons. The molecule has 0 bridgehead atoms. The molecule has 0 spiro atoms. The lowest BCUT2D eigenvalue weighted by atomic mass is 9.99. The van der Waals surface area contributed by atoms with Gasteiger partial charge in [0.25, 0.3) is 0 Å². The SMILES string of the molecule is COc1c(C(=O)c2cnn(C)c2OC(C)=O)cc(C)c(S(C)(=O)=O)c1C. The summed E-state index contributed by atoms with van der Waals surface area (Å²) < 4.78 is 35.8. The molecule has 1 aromatic heterocycles. The molecular weight excluding hydrogens is 360 g/mol. The molecular formula is C17H20N2O6S. The highest BCUT2D eigenvalue weighted by Gasteiger charge is 2.27. The number of carbonyl (C=O) groups excluding carboxylic acids is 2. The van der Waals surface area contributed by atoms with E-state index in [1.54, 1.807) is 13.8 Å². The van der Waals surface area contributed by atoms with Crippen LogP contribution in [0.1, 0.15) is 34.0 Å². The van der Waals surface area contributed by atoms with Gasteiger partial charge in [-0.15, -0.1) is 0 Å². The molecule has 2 aromatic rings. The van der Waals surface area contributed by atoms with Gasteiger partial charge in [0.15, 0.2) is 9.84 Å². The zero-order chi connectivity index (χ0) is 19.8. The third-order valence-corrected chi connectivity index (χ3v) is 5.20. The Morgan fingerprint density at radius 3 is 2.31 bits per heavy atom. The molecule has 0 aliphatic rings. The number of rotatable bonds is 5. The van der Waals surface area contributed by atoms with Crippen LogP contribution in [0.2, 0.25) is 0 Å². The van der Waals surface area contributed by atoms with Crippen molar-refractivity contribution in [3.63, 3.8) is 0 Å². The summed E-state index contributed by atoms with van der Waals surface area (Å²) in [6.45, 7) is 4.40. The Morgan fingerprint density at radius 2 is 1.81 bits per heavy atom. The van der Waals surface area contributed by atoms with E-state index in [-0.39, 0.29) is 27.7 Å². The molecule has 0 saturated carbocycles. The van der Waals surface area contributed by atoms with Crippen molar-refractivity contribution < 1.29 is 27.5 Å². The number of hydrogen-bond acceptors (Lipinski definition) is 7. The lowest BCUT2D eigenvalue weighted by Crippen LogP contribution is -2.13. The van der Waals surface area contributed by atoms with Crippen LogP contribution in [0, 0.1) is 13.8 Å². The van der Waals surface area contributed by atoms with Crippen molar-refractivity contribution in [3.05, 3.63) is 34.5 Å². The number of ether oxygens (including phenoxy) is 2. The second-order valence-electron chi connectivity index (χ2n) is 5.91. The van der Waals surface area contributed by atoms with Crippen molar-refractivity contribution in [3.8, 4) is 11.6 Å². The third kappa shape index (κ3) is 3.48. The Hall–Kier alpha value is -2.68. The van der Waals surface area contributed by atoms with Crippen molar-refractivity contribution in [1.29, 1.82) is 0 Å². The van der Waals surface area contributed by atoms with Crippen LogP contribution in [-0.2, 0) is 21.7 Å². The third-order valence-electron chi connectivity index (χ3n) is 3.83. The molecule has 0 radical (unpaired) electrons. The van der Waals surface area contributed by atoms with E-state index in [1.807, 2.05) is 0 Å². The molecule has 2 rings (SSSR count). The molecule has 26 heavy (non-hydrogen) atoms. The van der Waals surface area contributed by atoms with Crippen molar-refractivity contribution in [2.24, 2.45) is 7.05 Å². The van der Waals surface area contributed by atoms with E-state index in [0.29, 0.717) is 11.1 Å². The zero-order valence-corrected chi connectivity index (χ0v) is 16.2. The number of methoxy groups -OCH3 is 1. The summed E-state index contributed by atoms with van der Waals surface area (Å²) in [5.74, 6) is -0.919. The van der Waals surface area contributed by atoms with Crippen LogP contribution < -0.4 is 9.47 Å². The average Bonchev–Trinajstić information content (AvgIpc) is 2.85. The largest absolute Gasteiger partial charge is 0.496 e. The lowest BCUT2D eigenvalue weighted by molar-refractivity contribution is -0.132. The fraction of sp³-hybridized carbons (Fsp3) is 0.353. The lowest BCUT2D eigenvalue weighted by Gasteiger charge is -2.16. The summed E-state index contributed by atoms with van der Waals surface area (Å²) in [6, 6.07) is 1.45. The number of aryl methyl sites for hydroxylation is 2. The molecule has 0 N–H and O–H groups in total. The first-order valence-corrected chi connectivity index (χ1v) is 9.51. The van der Waals surface area contributed by atoms with Crippen molar-refractivity contribution in [2.45, 2.75) is 25.7 Å². The van der Waals surface area contributed by atoms with Crippen molar-refractivity contribution in [1.82, 2.24) is 9.78 Å². The Bertz CT molecular complexity index is 1000. The first kappa shape index (κ1) is 19.6. The summed E-state index contributed by atoms with van der Waals surface area (Å²) >= 11 is 0. The number of hydrogen-bond donors (Lipinski definition) is 0. The zero-order valence-electron chi connectivity index (χ0n) is 15.4. The number of sulfone groups is 1. The van der Waals surface area contributed by atoms with Gasteiger partial charge in [-0.1, -0.05) is 0 Å². The highest BCUT2D eigenvalue weighted by Crippen LogP contribution is 2.35. The summed E-state index contributed by atoms with van der Waals surface area (Å²) in [5.41, 5.74) is 1.01. The summed E-state index contributed by atoms with van der Waals surface area (Å²) in [7, 11) is -0.606. The van der Waals surface area contributed by atoms with Crippen molar-refractivity contribution >= 4 is 21.6 Å². The van der Waals surface area contributed by atoms with Gasteiger partial charge in [0, 0.05) is 25.8 Å². The molecule has 0 amide bonds. The maximum Gasteiger partial charge on any atom is 0.309 e. The maximum absolute atomic E-state index is 13.0. The Balaban J connectivity index is 2.71. The van der Waals surface area contributed by atoms with Crippen LogP contribution in [0.15, 0.2) is 17.2 Å². The number of nitrogens with zero attached hydrogens (tertiary/aromatic N) is 2. The molecule has 0 aliphatic carbocycles. The smallest absolute Gasteiger partial charge is 0.309 e. The van der Waals surface area contributed by atoms with Gasteiger partial charge in [-0.25, -0.2) is 13.1 Å². The van der Waals surface area contributed by atoms with Gasteiger partial charge in [-0.3, -0.25) is 9.59 Å². The van der Waals surface area contributed by atoms with E-state index in [2.05, 4.69) is 5.10 Å². The van der Waals surface area contributed by atoms with E-state index < -0.39 is 21.6 Å². The summed E-state index contributed by atoms with van der Waals surface area (Å²) in [4.78, 5) is 24.5. The minimum Gasteiger partial charge on any atom is -0.496 e. The minimum absolute atomic E-state index is 0.00653. The standard InChI is InChI=1S/C17H20N2O6S/c1-9-7-12(15(24-5)10(2)16(9)26(6,22)23)14(21)13-8-18-19(4)17(13)25-11(3)20/h7-8H,1-6H3. The average molecular weight is 380 g/mol. The fourth-order valence-electron chi connectivity index (χ4n) is 2.94. The normalized spacial score (nSPS) is 11.3. The van der Waals surface area contributed by atoms with Gasteiger partial charge in [-0.05, 0) is 25.5 Å². The molecule has 8 nitrogen and oxygen atoms in total. The predicted octanol–water partition coefficient (Wildman–Crippen LogP) is 1.61. The van der Waals surface area contributed by atoms with E-state index in [4.69, 9.17) is 9.47 Å². The van der Waals surface area contributed by atoms with Gasteiger partial charge in [-0.2, -0.15) is 5.10 Å². The number of aromatic nitrogens is 2.